The van der Waals surface area contributed by atoms with Crippen LogP contribution in [-0.2, 0) is 16.0 Å². The molecule has 4 rings (SSSR count). The molecule has 0 aromatic carbocycles. The average molecular weight is 315 g/mol. The smallest absolute Gasteiger partial charge is 0.227 e. The van der Waals surface area contributed by atoms with Gasteiger partial charge in [0.2, 0.25) is 11.8 Å². The van der Waals surface area contributed by atoms with Gasteiger partial charge in [0, 0.05) is 44.5 Å². The standard InChI is InChI=1S/C18H25N3O2/c1-2-10-21-16-7-6-15(18(21)23)12-20(13-16)17(22)8-5-14-4-3-9-19-11-14/h3-4,9,11,15-16H,2,5-8,10,12-13H2,1H3/t15-,16+/m0/s1. The Morgan fingerprint density at radius 1 is 1.35 bits per heavy atom. The lowest BCUT2D eigenvalue weighted by Crippen LogP contribution is -2.48. The van der Waals surface area contributed by atoms with E-state index in [0.29, 0.717) is 25.9 Å². The fraction of sp³-hybridized carbons (Fsp3) is 0.611. The third-order valence-electron chi connectivity index (χ3n) is 4.96. The maximum atomic E-state index is 12.6. The van der Waals surface area contributed by atoms with Gasteiger partial charge in [-0.2, -0.15) is 0 Å². The predicted octanol–water partition coefficient (Wildman–Crippen LogP) is 1.87. The average Bonchev–Trinajstić information content (AvgIpc) is 2.87. The van der Waals surface area contributed by atoms with Crippen molar-refractivity contribution in [3.8, 4) is 0 Å². The molecular weight excluding hydrogens is 290 g/mol. The lowest BCUT2D eigenvalue weighted by molar-refractivity contribution is -0.139. The summed E-state index contributed by atoms with van der Waals surface area (Å²) in [5.41, 5.74) is 1.09. The first kappa shape index (κ1) is 16.0. The lowest BCUT2D eigenvalue weighted by Gasteiger charge is -2.35. The number of fused-ring (bicyclic) bond motifs is 4. The van der Waals surface area contributed by atoms with Gasteiger partial charge in [-0.25, -0.2) is 0 Å². The second kappa shape index (κ2) is 7.11. The summed E-state index contributed by atoms with van der Waals surface area (Å²) in [5.74, 6) is 0.421. The summed E-state index contributed by atoms with van der Waals surface area (Å²) >= 11 is 0. The lowest BCUT2D eigenvalue weighted by atomic mass is 9.94. The van der Waals surface area contributed by atoms with E-state index in [2.05, 4.69) is 11.9 Å². The molecule has 3 fully saturated rings. The van der Waals surface area contributed by atoms with Crippen LogP contribution in [-0.4, -0.2) is 52.3 Å². The van der Waals surface area contributed by atoms with Gasteiger partial charge >= 0.3 is 0 Å². The number of pyridine rings is 1. The van der Waals surface area contributed by atoms with E-state index in [1.54, 1.807) is 6.20 Å². The molecule has 0 spiro atoms. The van der Waals surface area contributed by atoms with E-state index in [9.17, 15) is 9.59 Å². The number of piperidine rings is 1. The molecule has 0 N–H and O–H groups in total. The van der Waals surface area contributed by atoms with Crippen molar-refractivity contribution in [1.82, 2.24) is 14.8 Å². The monoisotopic (exact) mass is 315 g/mol. The number of rotatable bonds is 5. The summed E-state index contributed by atoms with van der Waals surface area (Å²) in [7, 11) is 0. The molecule has 3 aliphatic rings. The Kier molecular flexibility index (Phi) is 4.94. The Morgan fingerprint density at radius 2 is 2.22 bits per heavy atom. The highest BCUT2D eigenvalue weighted by Gasteiger charge is 2.41. The number of hydrogen-bond acceptors (Lipinski definition) is 3. The first-order chi connectivity index (χ1) is 11.2. The number of aromatic nitrogens is 1. The number of carbonyl (C=O) groups excluding carboxylic acids is 2. The molecule has 3 saturated heterocycles. The molecule has 0 saturated carbocycles. The van der Waals surface area contributed by atoms with Crippen LogP contribution < -0.4 is 0 Å². The van der Waals surface area contributed by atoms with Gasteiger partial charge in [0.05, 0.1) is 5.92 Å². The maximum absolute atomic E-state index is 12.6. The largest absolute Gasteiger partial charge is 0.340 e. The van der Waals surface area contributed by atoms with Gasteiger partial charge in [0.1, 0.15) is 0 Å². The second-order valence-electron chi connectivity index (χ2n) is 6.62. The fourth-order valence-electron chi connectivity index (χ4n) is 3.73. The zero-order valence-corrected chi connectivity index (χ0v) is 13.8. The Bertz CT molecular complexity index is 561. The van der Waals surface area contributed by atoms with Crippen LogP contribution in [0.15, 0.2) is 24.5 Å². The van der Waals surface area contributed by atoms with Crippen LogP contribution in [0.4, 0.5) is 0 Å². The molecule has 4 heterocycles. The quantitative estimate of drug-likeness (QED) is 0.833. The summed E-state index contributed by atoms with van der Waals surface area (Å²) in [5, 5.41) is 0. The molecule has 1 aromatic heterocycles. The van der Waals surface area contributed by atoms with Crippen LogP contribution in [0.2, 0.25) is 0 Å². The molecule has 0 radical (unpaired) electrons. The van der Waals surface area contributed by atoms with Crippen molar-refractivity contribution in [1.29, 1.82) is 0 Å². The van der Waals surface area contributed by atoms with Crippen LogP contribution in [0.1, 0.15) is 38.2 Å². The Balaban J connectivity index is 1.62. The molecule has 0 unspecified atom stereocenters. The van der Waals surface area contributed by atoms with Gasteiger partial charge in [-0.1, -0.05) is 13.0 Å². The third-order valence-corrected chi connectivity index (χ3v) is 4.96. The number of nitrogens with zero attached hydrogens (tertiary/aromatic N) is 3. The van der Waals surface area contributed by atoms with E-state index in [1.165, 1.54) is 0 Å². The van der Waals surface area contributed by atoms with Crippen LogP contribution in [0, 0.1) is 5.92 Å². The number of carbonyl (C=O) groups is 2. The van der Waals surface area contributed by atoms with Gasteiger partial charge in [0.25, 0.3) is 0 Å². The Labute approximate surface area is 137 Å². The van der Waals surface area contributed by atoms with Crippen molar-refractivity contribution < 1.29 is 9.59 Å². The van der Waals surface area contributed by atoms with Gasteiger partial charge < -0.3 is 9.80 Å². The van der Waals surface area contributed by atoms with Gasteiger partial charge in [0.15, 0.2) is 0 Å². The highest BCUT2D eigenvalue weighted by molar-refractivity contribution is 5.83. The minimum absolute atomic E-state index is 0.00245. The Morgan fingerprint density at radius 3 is 2.96 bits per heavy atom. The highest BCUT2D eigenvalue weighted by Crippen LogP contribution is 2.29. The van der Waals surface area contributed by atoms with Crippen molar-refractivity contribution >= 4 is 11.8 Å². The zero-order valence-electron chi connectivity index (χ0n) is 13.8. The normalized spacial score (nSPS) is 24.0. The zero-order chi connectivity index (χ0) is 16.2. The number of hydrogen-bond donors (Lipinski definition) is 0. The Hall–Kier alpha value is -1.91. The minimum Gasteiger partial charge on any atom is -0.340 e. The van der Waals surface area contributed by atoms with E-state index in [-0.39, 0.29) is 23.8 Å². The molecule has 2 atom stereocenters. The molecule has 124 valence electrons. The van der Waals surface area contributed by atoms with Gasteiger partial charge in [-0.05, 0) is 37.3 Å². The van der Waals surface area contributed by atoms with E-state index < -0.39 is 0 Å². The fourth-order valence-corrected chi connectivity index (χ4v) is 3.73. The van der Waals surface area contributed by atoms with Crippen LogP contribution >= 0.6 is 0 Å². The topological polar surface area (TPSA) is 53.5 Å². The van der Waals surface area contributed by atoms with Gasteiger partial charge in [-0.15, -0.1) is 0 Å². The third kappa shape index (κ3) is 3.54. The van der Waals surface area contributed by atoms with E-state index >= 15 is 0 Å². The van der Waals surface area contributed by atoms with Crippen molar-refractivity contribution in [3.05, 3.63) is 30.1 Å². The van der Waals surface area contributed by atoms with Crippen LogP contribution in [0.3, 0.4) is 0 Å². The number of aryl methyl sites for hydroxylation is 1. The van der Waals surface area contributed by atoms with Crippen molar-refractivity contribution in [3.63, 3.8) is 0 Å². The second-order valence-corrected chi connectivity index (χ2v) is 6.62. The van der Waals surface area contributed by atoms with Crippen molar-refractivity contribution in [2.45, 2.75) is 45.1 Å². The summed E-state index contributed by atoms with van der Waals surface area (Å²) in [4.78, 5) is 33.1. The first-order valence-corrected chi connectivity index (χ1v) is 8.66. The van der Waals surface area contributed by atoms with Gasteiger partial charge in [-0.3, -0.25) is 14.6 Å². The molecule has 0 aliphatic carbocycles. The summed E-state index contributed by atoms with van der Waals surface area (Å²) in [6, 6.07) is 4.11. The number of amides is 2. The molecule has 23 heavy (non-hydrogen) atoms. The SMILES string of the molecule is CCCN1C(=O)[C@H]2CC[C@@H]1CN(C(=O)CCc1cccnc1)C2. The highest BCUT2D eigenvalue weighted by atomic mass is 16.2. The molecule has 2 amide bonds. The molecular formula is C18H25N3O2. The minimum atomic E-state index is 0.00245. The molecule has 5 nitrogen and oxygen atoms in total. The summed E-state index contributed by atoms with van der Waals surface area (Å²) < 4.78 is 0. The summed E-state index contributed by atoms with van der Waals surface area (Å²) in [6.07, 6.45) is 7.69. The first-order valence-electron chi connectivity index (χ1n) is 8.66. The molecule has 5 heteroatoms. The van der Waals surface area contributed by atoms with E-state index in [0.717, 1.165) is 31.4 Å². The molecule has 3 aliphatic heterocycles. The summed E-state index contributed by atoms with van der Waals surface area (Å²) in [6.45, 7) is 4.22. The molecule has 1 aromatic rings. The predicted molar refractivity (Wildman–Crippen MR) is 87.7 cm³/mol. The maximum Gasteiger partial charge on any atom is 0.227 e. The van der Waals surface area contributed by atoms with E-state index in [4.69, 9.17) is 0 Å². The van der Waals surface area contributed by atoms with Crippen LogP contribution in [0.25, 0.3) is 0 Å². The van der Waals surface area contributed by atoms with E-state index in [1.807, 2.05) is 28.1 Å². The van der Waals surface area contributed by atoms with Crippen LogP contribution in [0.5, 0.6) is 0 Å². The van der Waals surface area contributed by atoms with Crippen molar-refractivity contribution in [2.24, 2.45) is 5.92 Å². The van der Waals surface area contributed by atoms with Crippen molar-refractivity contribution in [2.75, 3.05) is 19.6 Å². The molecule has 2 bridgehead atoms.